The van der Waals surface area contributed by atoms with Crippen LogP contribution in [0.3, 0.4) is 0 Å². The quantitative estimate of drug-likeness (QED) is 0.768. The number of ether oxygens (including phenoxy) is 2. The number of hydrogen-bond acceptors (Lipinski definition) is 5. The van der Waals surface area contributed by atoms with Gasteiger partial charge in [-0.15, -0.1) is 0 Å². The lowest BCUT2D eigenvalue weighted by Gasteiger charge is -2.34. The van der Waals surface area contributed by atoms with Gasteiger partial charge >= 0.3 is 6.09 Å². The molecule has 0 atom stereocenters. The Bertz CT molecular complexity index is 938. The highest BCUT2D eigenvalue weighted by Crippen LogP contribution is 2.23. The molecule has 0 spiro atoms. The Balaban J connectivity index is 1.72. The Kier molecular flexibility index (Phi) is 7.48. The average Bonchev–Trinajstić information content (AvgIpc) is 2.80. The van der Waals surface area contributed by atoms with Crippen molar-refractivity contribution < 1.29 is 23.9 Å². The largest absolute Gasteiger partial charge is 0.493 e. The molecule has 0 bridgehead atoms. The average molecular weight is 425 g/mol. The van der Waals surface area contributed by atoms with Crippen LogP contribution in [0, 0.1) is 0 Å². The molecule has 3 amide bonds. The third kappa shape index (κ3) is 5.33. The van der Waals surface area contributed by atoms with E-state index >= 15 is 0 Å². The maximum Gasteiger partial charge on any atom is 0.409 e. The Hall–Kier alpha value is -3.55. The van der Waals surface area contributed by atoms with E-state index in [-0.39, 0.29) is 17.9 Å². The molecule has 8 nitrogen and oxygen atoms in total. The van der Waals surface area contributed by atoms with Gasteiger partial charge in [0.15, 0.2) is 0 Å². The van der Waals surface area contributed by atoms with Crippen molar-refractivity contribution in [3.63, 3.8) is 0 Å². The minimum Gasteiger partial charge on any atom is -0.493 e. The van der Waals surface area contributed by atoms with Crippen LogP contribution in [0.15, 0.2) is 48.5 Å². The van der Waals surface area contributed by atoms with Gasteiger partial charge in [0.05, 0.1) is 30.0 Å². The second-order valence-corrected chi connectivity index (χ2v) is 6.91. The molecule has 1 saturated heterocycles. The van der Waals surface area contributed by atoms with Crippen LogP contribution in [0.4, 0.5) is 10.5 Å². The van der Waals surface area contributed by atoms with E-state index in [0.29, 0.717) is 62.0 Å². The first-order chi connectivity index (χ1) is 15.0. The van der Waals surface area contributed by atoms with Crippen molar-refractivity contribution in [2.75, 3.05) is 44.7 Å². The van der Waals surface area contributed by atoms with E-state index in [0.717, 1.165) is 0 Å². The predicted octanol–water partition coefficient (Wildman–Crippen LogP) is 3.25. The van der Waals surface area contributed by atoms with Crippen molar-refractivity contribution in [2.24, 2.45) is 0 Å². The summed E-state index contributed by atoms with van der Waals surface area (Å²) in [5, 5.41) is 2.84. The van der Waals surface area contributed by atoms with Crippen molar-refractivity contribution >= 4 is 23.6 Å². The van der Waals surface area contributed by atoms with Crippen molar-refractivity contribution in [1.29, 1.82) is 0 Å². The summed E-state index contributed by atoms with van der Waals surface area (Å²) >= 11 is 0. The summed E-state index contributed by atoms with van der Waals surface area (Å²) in [5.74, 6) is -0.0599. The Morgan fingerprint density at radius 3 is 2.13 bits per heavy atom. The zero-order valence-electron chi connectivity index (χ0n) is 17.8. The van der Waals surface area contributed by atoms with E-state index in [9.17, 15) is 14.4 Å². The number of piperazine rings is 1. The topological polar surface area (TPSA) is 88.2 Å². The van der Waals surface area contributed by atoms with E-state index < -0.39 is 0 Å². The monoisotopic (exact) mass is 425 g/mol. The normalized spacial score (nSPS) is 13.5. The molecular formula is C23H27N3O5. The van der Waals surface area contributed by atoms with Crippen LogP contribution in [0.1, 0.15) is 34.6 Å². The van der Waals surface area contributed by atoms with Crippen LogP contribution >= 0.6 is 0 Å². The highest BCUT2D eigenvalue weighted by Gasteiger charge is 2.27. The van der Waals surface area contributed by atoms with Gasteiger partial charge in [0.1, 0.15) is 5.75 Å². The molecule has 0 unspecified atom stereocenters. The fraction of sp³-hybridized carbons (Fsp3) is 0.348. The number of carbonyl (C=O) groups excluding carboxylic acids is 3. The van der Waals surface area contributed by atoms with Gasteiger partial charge in [-0.25, -0.2) is 4.79 Å². The van der Waals surface area contributed by atoms with Crippen LogP contribution in [0.25, 0.3) is 0 Å². The number of anilines is 1. The number of hydrogen-bond donors (Lipinski definition) is 1. The molecule has 1 aliphatic rings. The maximum atomic E-state index is 13.1. The molecule has 3 rings (SSSR count). The van der Waals surface area contributed by atoms with Gasteiger partial charge in [-0.2, -0.15) is 0 Å². The number of nitrogens with zero attached hydrogens (tertiary/aromatic N) is 2. The molecule has 1 N–H and O–H groups in total. The van der Waals surface area contributed by atoms with Crippen molar-refractivity contribution in [1.82, 2.24) is 9.80 Å². The van der Waals surface area contributed by atoms with Crippen LogP contribution < -0.4 is 10.1 Å². The van der Waals surface area contributed by atoms with Gasteiger partial charge in [0.2, 0.25) is 0 Å². The zero-order valence-corrected chi connectivity index (χ0v) is 17.8. The fourth-order valence-corrected chi connectivity index (χ4v) is 3.38. The zero-order chi connectivity index (χ0) is 22.2. The second kappa shape index (κ2) is 10.5. The third-order valence-corrected chi connectivity index (χ3v) is 4.93. The minimum absolute atomic E-state index is 0.197. The summed E-state index contributed by atoms with van der Waals surface area (Å²) in [6.07, 6.45) is -0.366. The molecule has 2 aromatic carbocycles. The van der Waals surface area contributed by atoms with E-state index in [2.05, 4.69) is 5.32 Å². The smallest absolute Gasteiger partial charge is 0.409 e. The van der Waals surface area contributed by atoms with Gasteiger partial charge in [0, 0.05) is 26.2 Å². The summed E-state index contributed by atoms with van der Waals surface area (Å²) in [6.45, 7) is 5.97. The first-order valence-electron chi connectivity index (χ1n) is 10.4. The van der Waals surface area contributed by atoms with E-state index in [4.69, 9.17) is 9.47 Å². The summed E-state index contributed by atoms with van der Waals surface area (Å²) in [4.78, 5) is 41.1. The number of benzene rings is 2. The summed E-state index contributed by atoms with van der Waals surface area (Å²) in [7, 11) is 0. The lowest BCUT2D eigenvalue weighted by Crippen LogP contribution is -2.50. The molecular weight excluding hydrogens is 398 g/mol. The first kappa shape index (κ1) is 22.1. The van der Waals surface area contributed by atoms with Crippen LogP contribution in [0.2, 0.25) is 0 Å². The van der Waals surface area contributed by atoms with Crippen LogP contribution in [0.5, 0.6) is 5.75 Å². The van der Waals surface area contributed by atoms with Crippen molar-refractivity contribution in [3.8, 4) is 5.75 Å². The number of rotatable bonds is 6. The molecule has 1 aliphatic heterocycles. The minimum atomic E-state index is -0.366. The molecule has 1 heterocycles. The molecule has 0 aromatic heterocycles. The lowest BCUT2D eigenvalue weighted by atomic mass is 10.1. The summed E-state index contributed by atoms with van der Waals surface area (Å²) in [5.41, 5.74) is 1.22. The van der Waals surface area contributed by atoms with Gasteiger partial charge in [-0.1, -0.05) is 24.3 Å². The molecule has 2 aromatic rings. The third-order valence-electron chi connectivity index (χ3n) is 4.93. The van der Waals surface area contributed by atoms with Gasteiger partial charge in [0.25, 0.3) is 11.8 Å². The highest BCUT2D eigenvalue weighted by atomic mass is 16.6. The molecule has 31 heavy (non-hydrogen) atoms. The Labute approximate surface area is 181 Å². The van der Waals surface area contributed by atoms with E-state index in [1.165, 1.54) is 0 Å². The molecule has 164 valence electrons. The molecule has 1 fully saturated rings. The summed E-state index contributed by atoms with van der Waals surface area (Å²) in [6, 6.07) is 13.9. The standard InChI is InChI=1S/C23H27N3O5/c1-3-30-20-12-8-6-10-18(20)21(27)24-19-11-7-5-9-17(19)22(28)25-13-15-26(16-14-25)23(29)31-4-2/h5-12H,3-4,13-16H2,1-2H3,(H,24,27). The van der Waals surface area contributed by atoms with Crippen LogP contribution in [-0.2, 0) is 4.74 Å². The van der Waals surface area contributed by atoms with Crippen molar-refractivity contribution in [2.45, 2.75) is 13.8 Å². The number of amides is 3. The molecule has 0 radical (unpaired) electrons. The van der Waals surface area contributed by atoms with Crippen LogP contribution in [-0.4, -0.2) is 67.1 Å². The number of carbonyl (C=O) groups is 3. The van der Waals surface area contributed by atoms with Gasteiger partial charge in [-0.3, -0.25) is 9.59 Å². The summed E-state index contributed by atoms with van der Waals surface area (Å²) < 4.78 is 10.6. The second-order valence-electron chi connectivity index (χ2n) is 6.91. The van der Waals surface area contributed by atoms with E-state index in [1.807, 2.05) is 6.92 Å². The first-order valence-corrected chi connectivity index (χ1v) is 10.4. The van der Waals surface area contributed by atoms with Gasteiger partial charge < -0.3 is 24.6 Å². The lowest BCUT2D eigenvalue weighted by molar-refractivity contribution is 0.0571. The number of para-hydroxylation sites is 2. The highest BCUT2D eigenvalue weighted by molar-refractivity contribution is 6.10. The maximum absolute atomic E-state index is 13.1. The number of nitrogens with one attached hydrogen (secondary N) is 1. The van der Waals surface area contributed by atoms with E-state index in [1.54, 1.807) is 65.3 Å². The van der Waals surface area contributed by atoms with Crippen molar-refractivity contribution in [3.05, 3.63) is 59.7 Å². The predicted molar refractivity (Wildman–Crippen MR) is 117 cm³/mol. The fourth-order valence-electron chi connectivity index (χ4n) is 3.38. The molecule has 0 aliphatic carbocycles. The SMILES string of the molecule is CCOC(=O)N1CCN(C(=O)c2ccccc2NC(=O)c2ccccc2OCC)CC1. The Morgan fingerprint density at radius 2 is 1.45 bits per heavy atom. The Morgan fingerprint density at radius 1 is 0.839 bits per heavy atom. The van der Waals surface area contributed by atoms with Gasteiger partial charge in [-0.05, 0) is 38.1 Å². The molecule has 0 saturated carbocycles. The molecule has 8 heteroatoms.